The van der Waals surface area contributed by atoms with Gasteiger partial charge in [0.05, 0.1) is 17.5 Å². The van der Waals surface area contributed by atoms with E-state index in [2.05, 4.69) is 15.1 Å². The van der Waals surface area contributed by atoms with Crippen molar-refractivity contribution in [2.75, 3.05) is 31.1 Å². The van der Waals surface area contributed by atoms with Crippen LogP contribution in [0.5, 0.6) is 0 Å². The number of carbonyl (C=O) groups is 1. The molecule has 1 amide bonds. The molecule has 4 nitrogen and oxygen atoms in total. The second-order valence-corrected chi connectivity index (χ2v) is 8.61. The molecule has 0 bridgehead atoms. The molecule has 2 aliphatic heterocycles. The van der Waals surface area contributed by atoms with Gasteiger partial charge in [0.1, 0.15) is 0 Å². The Morgan fingerprint density at radius 1 is 1.16 bits per heavy atom. The molecule has 2 aromatic rings. The topological polar surface area (TPSA) is 35.6 Å². The molecule has 1 N–H and O–H groups in total. The number of carbonyl (C=O) groups excluding carboxylic acids is 1. The number of hydrogen-bond donors (Lipinski definition) is 1. The van der Waals surface area contributed by atoms with Crippen molar-refractivity contribution in [1.29, 1.82) is 0 Å². The highest BCUT2D eigenvalue weighted by molar-refractivity contribution is 6.30. The minimum Gasteiger partial charge on any atom is -0.365 e. The van der Waals surface area contributed by atoms with Gasteiger partial charge in [0.2, 0.25) is 5.91 Å². The second kappa shape index (κ2) is 8.71. The monoisotopic (exact) mass is 451 g/mol. The van der Waals surface area contributed by atoms with E-state index in [1.54, 1.807) is 6.07 Å². The Labute approximate surface area is 185 Å². The second-order valence-electron chi connectivity index (χ2n) is 8.17. The molecule has 4 rings (SSSR count). The zero-order chi connectivity index (χ0) is 22.2. The summed E-state index contributed by atoms with van der Waals surface area (Å²) in [6.07, 6.45) is -4.09. The highest BCUT2D eigenvalue weighted by atomic mass is 35.5. The van der Waals surface area contributed by atoms with Crippen LogP contribution in [0.1, 0.15) is 23.6 Å². The number of hydrogen-bond acceptors (Lipinski definition) is 3. The van der Waals surface area contributed by atoms with Crippen molar-refractivity contribution < 1.29 is 18.0 Å². The van der Waals surface area contributed by atoms with Gasteiger partial charge in [0.25, 0.3) is 0 Å². The number of nitrogens with one attached hydrogen (secondary N) is 1. The third-order valence-electron chi connectivity index (χ3n) is 6.13. The molecule has 0 aromatic heterocycles. The molecule has 166 valence electrons. The zero-order valence-corrected chi connectivity index (χ0v) is 18.0. The van der Waals surface area contributed by atoms with Crippen LogP contribution in [-0.4, -0.2) is 43.0 Å². The maximum atomic E-state index is 13.2. The Morgan fingerprint density at radius 2 is 1.90 bits per heavy atom. The van der Waals surface area contributed by atoms with Gasteiger partial charge in [0.15, 0.2) is 0 Å². The number of halogens is 4. The number of alkyl halides is 3. The van der Waals surface area contributed by atoms with Crippen LogP contribution in [0.3, 0.4) is 0 Å². The van der Waals surface area contributed by atoms with Crippen molar-refractivity contribution in [2.24, 2.45) is 5.92 Å². The molecule has 8 heteroatoms. The first kappa shape index (κ1) is 22.0. The predicted octanol–water partition coefficient (Wildman–Crippen LogP) is 4.36. The van der Waals surface area contributed by atoms with Crippen molar-refractivity contribution in [2.45, 2.75) is 32.1 Å². The smallest absolute Gasteiger partial charge is 0.365 e. The standard InChI is InChI=1S/C23H25ClF3N3O/c1-2-28-22(31)19-12-16-11-17(23(25,26)27)5-8-20(16)30-10-9-29(14-21(19)30)13-15-3-6-18(24)7-4-15/h3-8,11,19,21H,2,9-10,12-14H2,1H3,(H,28,31)/t19-,21-/m0/s1. The largest absolute Gasteiger partial charge is 0.416 e. The molecule has 0 aliphatic carbocycles. The first-order chi connectivity index (χ1) is 14.8. The van der Waals surface area contributed by atoms with Crippen LogP contribution in [-0.2, 0) is 23.9 Å². The lowest BCUT2D eigenvalue weighted by atomic mass is 9.82. The summed E-state index contributed by atoms with van der Waals surface area (Å²) in [7, 11) is 0. The number of nitrogens with zero attached hydrogens (tertiary/aromatic N) is 2. The molecular formula is C23H25ClF3N3O. The van der Waals surface area contributed by atoms with Gasteiger partial charge in [-0.05, 0) is 54.8 Å². The summed E-state index contributed by atoms with van der Waals surface area (Å²) in [5, 5.41) is 3.56. The summed E-state index contributed by atoms with van der Waals surface area (Å²) in [6.45, 7) is 5.18. The molecule has 1 saturated heterocycles. The summed E-state index contributed by atoms with van der Waals surface area (Å²) in [4.78, 5) is 17.3. The predicted molar refractivity (Wildman–Crippen MR) is 115 cm³/mol. The molecule has 0 saturated carbocycles. The van der Waals surface area contributed by atoms with Gasteiger partial charge in [-0.15, -0.1) is 0 Å². The first-order valence-electron chi connectivity index (χ1n) is 10.5. The van der Waals surface area contributed by atoms with E-state index in [0.29, 0.717) is 36.6 Å². The van der Waals surface area contributed by atoms with E-state index in [1.165, 1.54) is 6.07 Å². The Morgan fingerprint density at radius 3 is 2.58 bits per heavy atom. The summed E-state index contributed by atoms with van der Waals surface area (Å²) in [5.41, 5.74) is 1.87. The SMILES string of the molecule is CCNC(=O)[C@H]1Cc2cc(C(F)(F)F)ccc2N2CCN(Cc3ccc(Cl)cc3)C[C@@H]12. The van der Waals surface area contributed by atoms with Gasteiger partial charge in [0, 0.05) is 43.4 Å². The fourth-order valence-corrected chi connectivity index (χ4v) is 4.78. The summed E-state index contributed by atoms with van der Waals surface area (Å²) >= 11 is 5.98. The van der Waals surface area contributed by atoms with Gasteiger partial charge in [-0.25, -0.2) is 0 Å². The highest BCUT2D eigenvalue weighted by Gasteiger charge is 2.42. The van der Waals surface area contributed by atoms with E-state index in [4.69, 9.17) is 11.6 Å². The molecule has 2 atom stereocenters. The summed E-state index contributed by atoms with van der Waals surface area (Å²) in [5.74, 6) is -0.502. The average molecular weight is 452 g/mol. The molecular weight excluding hydrogens is 427 g/mol. The Kier molecular flexibility index (Phi) is 6.17. The van der Waals surface area contributed by atoms with E-state index in [9.17, 15) is 18.0 Å². The fraction of sp³-hybridized carbons (Fsp3) is 0.435. The normalized spacial score (nSPS) is 21.4. The molecule has 0 radical (unpaired) electrons. The molecule has 2 aromatic carbocycles. The van der Waals surface area contributed by atoms with Crippen LogP contribution in [0.15, 0.2) is 42.5 Å². The van der Waals surface area contributed by atoms with E-state index in [0.717, 1.165) is 30.4 Å². The molecule has 0 unspecified atom stereocenters. The summed E-state index contributed by atoms with van der Waals surface area (Å²) in [6, 6.07) is 11.5. The Bertz CT molecular complexity index is 948. The van der Waals surface area contributed by atoms with Crippen LogP contribution < -0.4 is 10.2 Å². The minimum absolute atomic E-state index is 0.0863. The number of piperazine rings is 1. The van der Waals surface area contributed by atoms with Crippen LogP contribution in [0, 0.1) is 5.92 Å². The number of rotatable bonds is 4. The molecule has 2 heterocycles. The quantitative estimate of drug-likeness (QED) is 0.750. The van der Waals surface area contributed by atoms with Gasteiger partial charge in [-0.1, -0.05) is 23.7 Å². The third-order valence-corrected chi connectivity index (χ3v) is 6.38. The maximum Gasteiger partial charge on any atom is 0.416 e. The number of anilines is 1. The van der Waals surface area contributed by atoms with Crippen molar-refractivity contribution >= 4 is 23.2 Å². The van der Waals surface area contributed by atoms with Crippen LogP contribution in [0.2, 0.25) is 5.02 Å². The molecule has 1 fully saturated rings. The lowest BCUT2D eigenvalue weighted by Gasteiger charge is -2.49. The Balaban J connectivity index is 1.61. The van der Waals surface area contributed by atoms with Gasteiger partial charge >= 0.3 is 6.18 Å². The number of benzene rings is 2. The van der Waals surface area contributed by atoms with E-state index < -0.39 is 17.7 Å². The van der Waals surface area contributed by atoms with Crippen LogP contribution >= 0.6 is 11.6 Å². The van der Waals surface area contributed by atoms with Gasteiger partial charge < -0.3 is 10.2 Å². The van der Waals surface area contributed by atoms with Crippen molar-refractivity contribution in [3.05, 3.63) is 64.2 Å². The van der Waals surface area contributed by atoms with Gasteiger partial charge in [-0.2, -0.15) is 13.2 Å². The molecule has 31 heavy (non-hydrogen) atoms. The van der Waals surface area contributed by atoms with Crippen LogP contribution in [0.4, 0.5) is 18.9 Å². The average Bonchev–Trinajstić information content (AvgIpc) is 2.73. The highest BCUT2D eigenvalue weighted by Crippen LogP contribution is 2.39. The van der Waals surface area contributed by atoms with E-state index >= 15 is 0 Å². The first-order valence-corrected chi connectivity index (χ1v) is 10.9. The van der Waals surface area contributed by atoms with E-state index in [1.807, 2.05) is 31.2 Å². The molecule has 0 spiro atoms. The van der Waals surface area contributed by atoms with Crippen LogP contribution in [0.25, 0.3) is 0 Å². The lowest BCUT2D eigenvalue weighted by molar-refractivity contribution is -0.137. The zero-order valence-electron chi connectivity index (χ0n) is 17.3. The maximum absolute atomic E-state index is 13.2. The van der Waals surface area contributed by atoms with Crippen molar-refractivity contribution in [1.82, 2.24) is 10.2 Å². The molecule has 2 aliphatic rings. The van der Waals surface area contributed by atoms with Crippen molar-refractivity contribution in [3.8, 4) is 0 Å². The van der Waals surface area contributed by atoms with Gasteiger partial charge in [-0.3, -0.25) is 9.69 Å². The minimum atomic E-state index is -4.40. The number of amides is 1. The van der Waals surface area contributed by atoms with Crippen molar-refractivity contribution in [3.63, 3.8) is 0 Å². The number of fused-ring (bicyclic) bond motifs is 3. The van der Waals surface area contributed by atoms with E-state index in [-0.39, 0.29) is 11.9 Å². The summed E-state index contributed by atoms with van der Waals surface area (Å²) < 4.78 is 39.7. The Hall–Kier alpha value is -2.25. The lowest BCUT2D eigenvalue weighted by Crippen LogP contribution is -2.60. The third kappa shape index (κ3) is 4.67. The fourth-order valence-electron chi connectivity index (χ4n) is 4.66.